The second-order valence-corrected chi connectivity index (χ2v) is 8.32. The van der Waals surface area contributed by atoms with Crippen molar-refractivity contribution in [3.05, 3.63) is 54.6 Å². The summed E-state index contributed by atoms with van der Waals surface area (Å²) in [6.45, 7) is 1.89. The summed E-state index contributed by atoms with van der Waals surface area (Å²) in [4.78, 5) is 25.3. The molecule has 1 aliphatic rings. The Morgan fingerprint density at radius 1 is 1.10 bits per heavy atom. The lowest BCUT2D eigenvalue weighted by Crippen LogP contribution is -2.39. The molecule has 1 aliphatic heterocycles. The van der Waals surface area contributed by atoms with Gasteiger partial charge in [0.15, 0.2) is 0 Å². The maximum absolute atomic E-state index is 13.1. The van der Waals surface area contributed by atoms with Crippen LogP contribution in [0.1, 0.15) is 13.3 Å². The number of amides is 1. The zero-order chi connectivity index (χ0) is 21.7. The molecule has 2 N–H and O–H groups in total. The minimum atomic E-state index is -3.53. The summed E-state index contributed by atoms with van der Waals surface area (Å²) in [5, 5.41) is 8.51. The van der Waals surface area contributed by atoms with Crippen molar-refractivity contribution in [1.82, 2.24) is 0 Å². The van der Waals surface area contributed by atoms with Crippen LogP contribution in [-0.2, 0) is 24.3 Å². The van der Waals surface area contributed by atoms with Gasteiger partial charge in [-0.05, 0) is 31.2 Å². The molecule has 158 valence electrons. The second kappa shape index (κ2) is 8.95. The van der Waals surface area contributed by atoms with Crippen molar-refractivity contribution in [2.24, 2.45) is 5.10 Å². The Morgan fingerprint density at radius 2 is 1.73 bits per heavy atom. The molecule has 0 aliphatic carbocycles. The first-order valence-corrected chi connectivity index (χ1v) is 11.1. The van der Waals surface area contributed by atoms with Gasteiger partial charge in [-0.1, -0.05) is 30.3 Å². The van der Waals surface area contributed by atoms with E-state index >= 15 is 0 Å². The number of para-hydroxylation sites is 3. The summed E-state index contributed by atoms with van der Waals surface area (Å²) in [5.74, 6) is -1.02. The number of hydrazone groups is 1. The van der Waals surface area contributed by atoms with Crippen LogP contribution >= 0.6 is 0 Å². The Kier molecular flexibility index (Phi) is 6.36. The molecule has 0 bridgehead atoms. The van der Waals surface area contributed by atoms with Crippen LogP contribution < -0.4 is 15.0 Å². The predicted octanol–water partition coefficient (Wildman–Crippen LogP) is 2.19. The number of benzene rings is 2. The lowest BCUT2D eigenvalue weighted by atomic mass is 10.1. The topological polar surface area (TPSA) is 117 Å². The van der Waals surface area contributed by atoms with Gasteiger partial charge >= 0.3 is 5.97 Å². The van der Waals surface area contributed by atoms with Crippen molar-refractivity contribution in [1.29, 1.82) is 0 Å². The van der Waals surface area contributed by atoms with Crippen molar-refractivity contribution < 1.29 is 22.7 Å². The highest BCUT2D eigenvalue weighted by Crippen LogP contribution is 2.28. The molecule has 0 saturated carbocycles. The fourth-order valence-corrected chi connectivity index (χ4v) is 3.55. The minimum Gasteiger partial charge on any atom is -0.461 e. The largest absolute Gasteiger partial charge is 0.461 e. The summed E-state index contributed by atoms with van der Waals surface area (Å²) >= 11 is 0. The maximum Gasteiger partial charge on any atom is 0.354 e. The van der Waals surface area contributed by atoms with Crippen molar-refractivity contribution in [2.45, 2.75) is 19.4 Å². The van der Waals surface area contributed by atoms with E-state index in [9.17, 15) is 18.0 Å². The molecule has 0 spiro atoms. The first kappa shape index (κ1) is 21.3. The number of sulfonamides is 1. The van der Waals surface area contributed by atoms with Crippen LogP contribution in [0.2, 0.25) is 0 Å². The molecular weight excluding hydrogens is 408 g/mol. The molecule has 30 heavy (non-hydrogen) atoms. The molecule has 1 heterocycles. The van der Waals surface area contributed by atoms with Gasteiger partial charge in [0, 0.05) is 6.42 Å². The van der Waals surface area contributed by atoms with E-state index in [2.05, 4.69) is 15.1 Å². The first-order valence-electron chi connectivity index (χ1n) is 9.25. The van der Waals surface area contributed by atoms with E-state index in [0.717, 1.165) is 6.26 Å². The number of hydrogen-bond acceptors (Lipinski definition) is 7. The molecular formula is C20H22N4O5S. The minimum absolute atomic E-state index is 0.0568. The van der Waals surface area contributed by atoms with Gasteiger partial charge in [-0.2, -0.15) is 5.10 Å². The highest BCUT2D eigenvalue weighted by Gasteiger charge is 2.37. The predicted molar refractivity (Wildman–Crippen MR) is 115 cm³/mol. The fourth-order valence-electron chi connectivity index (χ4n) is 2.97. The number of esters is 1. The molecule has 0 aromatic heterocycles. The summed E-state index contributed by atoms with van der Waals surface area (Å²) in [5.41, 5.74) is 1.32. The lowest BCUT2D eigenvalue weighted by molar-refractivity contribution is -0.135. The third-order valence-electron chi connectivity index (χ3n) is 4.23. The van der Waals surface area contributed by atoms with E-state index in [4.69, 9.17) is 4.74 Å². The summed E-state index contributed by atoms with van der Waals surface area (Å²) in [6.07, 6.45) is 1.08. The van der Waals surface area contributed by atoms with Gasteiger partial charge in [-0.3, -0.25) is 14.5 Å². The van der Waals surface area contributed by atoms with E-state index in [1.54, 1.807) is 55.5 Å². The number of anilines is 3. The van der Waals surface area contributed by atoms with Gasteiger partial charge in [0.2, 0.25) is 15.9 Å². The Hall–Kier alpha value is -3.40. The number of nitrogens with zero attached hydrogens (tertiary/aromatic N) is 2. The molecule has 2 aromatic carbocycles. The number of nitrogens with one attached hydrogen (secondary N) is 2. The van der Waals surface area contributed by atoms with Crippen molar-refractivity contribution in [3.8, 4) is 0 Å². The lowest BCUT2D eigenvalue weighted by Gasteiger charge is -2.23. The molecule has 1 unspecified atom stereocenters. The van der Waals surface area contributed by atoms with E-state index in [-0.39, 0.29) is 24.4 Å². The van der Waals surface area contributed by atoms with Crippen LogP contribution in [0.4, 0.5) is 17.1 Å². The number of hydrogen-bond donors (Lipinski definition) is 2. The van der Waals surface area contributed by atoms with Crippen LogP contribution in [0, 0.1) is 0 Å². The van der Waals surface area contributed by atoms with Crippen LogP contribution in [0.3, 0.4) is 0 Å². The van der Waals surface area contributed by atoms with Crippen molar-refractivity contribution in [2.75, 3.05) is 27.9 Å². The first-order chi connectivity index (χ1) is 14.3. The molecule has 0 radical (unpaired) electrons. The third-order valence-corrected chi connectivity index (χ3v) is 4.82. The molecule has 10 heteroatoms. The number of carbonyl (C=O) groups excluding carboxylic acids is 2. The summed E-state index contributed by atoms with van der Waals surface area (Å²) in [7, 11) is -3.53. The highest BCUT2D eigenvalue weighted by molar-refractivity contribution is 7.92. The standard InChI is InChI=1S/C20H22N4O5S/c1-3-29-20(26)17-13-18(24(22-17)14-9-5-4-6-10-14)19(25)21-15-11-7-8-12-16(15)23-30(2,27)28/h4-12,18,23H,3,13H2,1-2H3,(H,21,25). The van der Waals surface area contributed by atoms with Gasteiger partial charge in [-0.25, -0.2) is 13.2 Å². The summed E-state index contributed by atoms with van der Waals surface area (Å²) in [6, 6.07) is 14.6. The third kappa shape index (κ3) is 5.15. The van der Waals surface area contributed by atoms with Crippen LogP contribution in [0.5, 0.6) is 0 Å². The monoisotopic (exact) mass is 430 g/mol. The smallest absolute Gasteiger partial charge is 0.354 e. The zero-order valence-electron chi connectivity index (χ0n) is 16.5. The maximum atomic E-state index is 13.1. The molecule has 0 fully saturated rings. The quantitative estimate of drug-likeness (QED) is 0.651. The van der Waals surface area contributed by atoms with Gasteiger partial charge < -0.3 is 10.1 Å². The van der Waals surface area contributed by atoms with E-state index < -0.39 is 27.9 Å². The zero-order valence-corrected chi connectivity index (χ0v) is 17.3. The van der Waals surface area contributed by atoms with Gasteiger partial charge in [0.25, 0.3) is 0 Å². The highest BCUT2D eigenvalue weighted by atomic mass is 32.2. The Labute approximate surface area is 174 Å². The van der Waals surface area contributed by atoms with Crippen LogP contribution in [-0.4, -0.2) is 44.9 Å². The van der Waals surface area contributed by atoms with Crippen molar-refractivity contribution in [3.63, 3.8) is 0 Å². The average Bonchev–Trinajstić information content (AvgIpc) is 3.15. The van der Waals surface area contributed by atoms with Gasteiger partial charge in [-0.15, -0.1) is 0 Å². The Bertz CT molecular complexity index is 1070. The molecule has 9 nitrogen and oxygen atoms in total. The number of carbonyl (C=O) groups is 2. The van der Waals surface area contributed by atoms with E-state index in [1.165, 1.54) is 5.01 Å². The second-order valence-electron chi connectivity index (χ2n) is 6.58. The molecule has 1 amide bonds. The molecule has 3 rings (SSSR count). The van der Waals surface area contributed by atoms with E-state index in [0.29, 0.717) is 11.4 Å². The molecule has 0 saturated heterocycles. The van der Waals surface area contributed by atoms with Gasteiger partial charge in [0.1, 0.15) is 11.8 Å². The number of ether oxygens (including phenoxy) is 1. The van der Waals surface area contributed by atoms with Crippen LogP contribution in [0.25, 0.3) is 0 Å². The van der Waals surface area contributed by atoms with Crippen LogP contribution in [0.15, 0.2) is 59.7 Å². The number of rotatable bonds is 7. The normalized spacial score (nSPS) is 16.0. The average molecular weight is 430 g/mol. The molecule has 1 atom stereocenters. The Balaban J connectivity index is 1.87. The van der Waals surface area contributed by atoms with E-state index in [1.807, 2.05) is 6.07 Å². The fraction of sp³-hybridized carbons (Fsp3) is 0.250. The summed E-state index contributed by atoms with van der Waals surface area (Å²) < 4.78 is 30.6. The van der Waals surface area contributed by atoms with Crippen molar-refractivity contribution >= 4 is 44.7 Å². The molecule has 2 aromatic rings. The SMILES string of the molecule is CCOC(=O)C1=NN(c2ccccc2)C(C(=O)Nc2ccccc2NS(C)(=O)=O)C1. The Morgan fingerprint density at radius 3 is 2.37 bits per heavy atom. The van der Waals surface area contributed by atoms with Gasteiger partial charge in [0.05, 0.1) is 29.9 Å².